The second-order valence-electron chi connectivity index (χ2n) is 8.87. The summed E-state index contributed by atoms with van der Waals surface area (Å²) in [6.07, 6.45) is 7.39. The number of nitrogens with zero attached hydrogens (tertiary/aromatic N) is 4. The molecule has 1 saturated heterocycles. The van der Waals surface area contributed by atoms with Gasteiger partial charge in [-0.2, -0.15) is 5.10 Å². The zero-order chi connectivity index (χ0) is 18.9. The fourth-order valence-corrected chi connectivity index (χ4v) is 5.03. The Kier molecular flexibility index (Phi) is 5.75. The van der Waals surface area contributed by atoms with Gasteiger partial charge in [0.15, 0.2) is 0 Å². The van der Waals surface area contributed by atoms with Crippen molar-refractivity contribution in [3.8, 4) is 0 Å². The Labute approximate surface area is 158 Å². The first kappa shape index (κ1) is 19.4. The lowest BCUT2D eigenvalue weighted by atomic mass is 9.71. The summed E-state index contributed by atoms with van der Waals surface area (Å²) in [7, 11) is 1.76. The molecule has 0 spiro atoms. The molecular formula is C21H36N4O. The lowest BCUT2D eigenvalue weighted by Gasteiger charge is -2.37. The molecule has 3 rings (SSSR count). The third-order valence-electron chi connectivity index (χ3n) is 6.67. The molecule has 0 N–H and O–H groups in total. The topological polar surface area (TPSA) is 43.1 Å². The Balaban J connectivity index is 1.58. The van der Waals surface area contributed by atoms with Crippen LogP contribution in [0.4, 0.5) is 0 Å². The summed E-state index contributed by atoms with van der Waals surface area (Å²) in [5.41, 5.74) is 3.74. The van der Waals surface area contributed by atoms with Gasteiger partial charge in [0.05, 0.1) is 0 Å². The third kappa shape index (κ3) is 3.83. The Morgan fingerprint density at radius 1 is 1.23 bits per heavy atom. The van der Waals surface area contributed by atoms with Gasteiger partial charge in [-0.05, 0) is 70.9 Å². The van der Waals surface area contributed by atoms with E-state index >= 15 is 0 Å². The van der Waals surface area contributed by atoms with Crippen LogP contribution in [0.15, 0.2) is 15.9 Å². The normalized spacial score (nSPS) is 22.2. The van der Waals surface area contributed by atoms with Gasteiger partial charge < -0.3 is 4.90 Å². The zero-order valence-corrected chi connectivity index (χ0v) is 17.3. The smallest absolute Gasteiger partial charge is 0.303 e. The van der Waals surface area contributed by atoms with Crippen molar-refractivity contribution < 1.29 is 0 Å². The maximum atomic E-state index is 12.1. The second-order valence-corrected chi connectivity index (χ2v) is 8.87. The number of rotatable bonds is 5. The minimum absolute atomic E-state index is 0.0203. The van der Waals surface area contributed by atoms with Gasteiger partial charge >= 0.3 is 5.69 Å². The second kappa shape index (κ2) is 7.71. The highest BCUT2D eigenvalue weighted by molar-refractivity contribution is 5.22. The van der Waals surface area contributed by atoms with E-state index in [1.165, 1.54) is 36.9 Å². The van der Waals surface area contributed by atoms with Crippen LogP contribution in [0.25, 0.3) is 0 Å². The highest BCUT2D eigenvalue weighted by atomic mass is 16.2. The standard InChI is InChI=1S/C21H36N4O/c1-6-25-19(22-23(5)20(25)26)17-9-13-24(14-10-17)15-11-18-16(2)8-7-12-21(18,3)4/h17H,6-15H2,1-5H3. The minimum Gasteiger partial charge on any atom is -0.303 e. The number of hydrogen-bond acceptors (Lipinski definition) is 3. The van der Waals surface area contributed by atoms with Gasteiger partial charge in [0, 0.05) is 26.1 Å². The van der Waals surface area contributed by atoms with Gasteiger partial charge in [-0.3, -0.25) is 4.57 Å². The van der Waals surface area contributed by atoms with Crippen LogP contribution in [0.3, 0.4) is 0 Å². The van der Waals surface area contributed by atoms with E-state index in [0.717, 1.165) is 31.8 Å². The van der Waals surface area contributed by atoms with E-state index in [-0.39, 0.29) is 5.69 Å². The van der Waals surface area contributed by atoms with E-state index in [9.17, 15) is 4.79 Å². The summed E-state index contributed by atoms with van der Waals surface area (Å²) < 4.78 is 3.34. The summed E-state index contributed by atoms with van der Waals surface area (Å²) in [5, 5.41) is 4.52. The lowest BCUT2D eigenvalue weighted by molar-refractivity contribution is 0.203. The maximum absolute atomic E-state index is 12.1. The number of likely N-dealkylation sites (tertiary alicyclic amines) is 1. The predicted molar refractivity (Wildman–Crippen MR) is 107 cm³/mol. The summed E-state index contributed by atoms with van der Waals surface area (Å²) in [6, 6.07) is 0. The summed E-state index contributed by atoms with van der Waals surface area (Å²) in [6.45, 7) is 13.3. The zero-order valence-electron chi connectivity index (χ0n) is 17.3. The van der Waals surface area contributed by atoms with Gasteiger partial charge in [-0.1, -0.05) is 25.0 Å². The number of allylic oxidation sites excluding steroid dienone is 1. The molecule has 0 bridgehead atoms. The minimum atomic E-state index is 0.0203. The first-order valence-corrected chi connectivity index (χ1v) is 10.4. The molecule has 0 amide bonds. The molecule has 0 atom stereocenters. The van der Waals surface area contributed by atoms with Gasteiger partial charge in [-0.15, -0.1) is 0 Å². The van der Waals surface area contributed by atoms with Crippen molar-refractivity contribution in [2.75, 3.05) is 19.6 Å². The molecule has 5 heteroatoms. The Bertz CT molecular complexity index is 717. The number of hydrogen-bond donors (Lipinski definition) is 0. The molecule has 0 unspecified atom stereocenters. The third-order valence-corrected chi connectivity index (χ3v) is 6.67. The maximum Gasteiger partial charge on any atom is 0.345 e. The van der Waals surface area contributed by atoms with Crippen molar-refractivity contribution in [3.63, 3.8) is 0 Å². The number of aryl methyl sites for hydroxylation is 1. The number of piperidine rings is 1. The van der Waals surface area contributed by atoms with Crippen molar-refractivity contribution in [1.82, 2.24) is 19.2 Å². The molecule has 1 fully saturated rings. The fourth-order valence-electron chi connectivity index (χ4n) is 5.03. The van der Waals surface area contributed by atoms with Crippen LogP contribution in [0.2, 0.25) is 0 Å². The summed E-state index contributed by atoms with van der Waals surface area (Å²) >= 11 is 0. The SMILES string of the molecule is CCn1c(C2CCN(CCC3=C(C)CCCC3(C)C)CC2)nn(C)c1=O. The Morgan fingerprint density at radius 3 is 2.54 bits per heavy atom. The van der Waals surface area contributed by atoms with E-state index in [4.69, 9.17) is 0 Å². The molecule has 2 aliphatic rings. The molecule has 1 aromatic heterocycles. The van der Waals surface area contributed by atoms with Crippen molar-refractivity contribution in [1.29, 1.82) is 0 Å². The molecule has 1 aromatic rings. The van der Waals surface area contributed by atoms with E-state index in [0.29, 0.717) is 17.9 Å². The molecule has 2 heterocycles. The molecule has 0 radical (unpaired) electrons. The average molecular weight is 361 g/mol. The monoisotopic (exact) mass is 360 g/mol. The van der Waals surface area contributed by atoms with Crippen molar-refractivity contribution in [3.05, 3.63) is 27.5 Å². The van der Waals surface area contributed by atoms with Gasteiger partial charge in [-0.25, -0.2) is 9.48 Å². The first-order valence-electron chi connectivity index (χ1n) is 10.4. The lowest BCUT2D eigenvalue weighted by Crippen LogP contribution is -2.36. The molecule has 26 heavy (non-hydrogen) atoms. The van der Waals surface area contributed by atoms with Crippen LogP contribution in [0, 0.1) is 5.41 Å². The van der Waals surface area contributed by atoms with Crippen LogP contribution in [-0.4, -0.2) is 38.9 Å². The molecule has 0 aromatic carbocycles. The molecule has 1 aliphatic carbocycles. The van der Waals surface area contributed by atoms with Gasteiger partial charge in [0.2, 0.25) is 0 Å². The van der Waals surface area contributed by atoms with E-state index < -0.39 is 0 Å². The molecule has 5 nitrogen and oxygen atoms in total. The van der Waals surface area contributed by atoms with E-state index in [1.807, 2.05) is 11.5 Å². The van der Waals surface area contributed by atoms with Crippen LogP contribution >= 0.6 is 0 Å². The van der Waals surface area contributed by atoms with E-state index in [1.54, 1.807) is 18.2 Å². The molecule has 1 aliphatic heterocycles. The quantitative estimate of drug-likeness (QED) is 0.752. The van der Waals surface area contributed by atoms with Crippen LogP contribution < -0.4 is 5.69 Å². The summed E-state index contributed by atoms with van der Waals surface area (Å²) in [4.78, 5) is 14.8. The average Bonchev–Trinajstić information content (AvgIpc) is 2.89. The van der Waals surface area contributed by atoms with Crippen molar-refractivity contribution in [2.45, 2.75) is 78.7 Å². The highest BCUT2D eigenvalue weighted by Crippen LogP contribution is 2.42. The fraction of sp³-hybridized carbons (Fsp3) is 0.810. The number of aromatic nitrogens is 3. The summed E-state index contributed by atoms with van der Waals surface area (Å²) in [5.74, 6) is 1.42. The first-order chi connectivity index (χ1) is 12.3. The Morgan fingerprint density at radius 2 is 1.92 bits per heavy atom. The van der Waals surface area contributed by atoms with Crippen molar-refractivity contribution in [2.24, 2.45) is 12.5 Å². The van der Waals surface area contributed by atoms with Crippen LogP contribution in [0.5, 0.6) is 0 Å². The molecule has 0 saturated carbocycles. The van der Waals surface area contributed by atoms with E-state index in [2.05, 4.69) is 30.8 Å². The van der Waals surface area contributed by atoms with Crippen molar-refractivity contribution >= 4 is 0 Å². The van der Waals surface area contributed by atoms with Crippen LogP contribution in [0.1, 0.15) is 78.0 Å². The van der Waals surface area contributed by atoms with Gasteiger partial charge in [0.25, 0.3) is 0 Å². The van der Waals surface area contributed by atoms with Gasteiger partial charge in [0.1, 0.15) is 5.82 Å². The Hall–Kier alpha value is -1.36. The molecule has 146 valence electrons. The predicted octanol–water partition coefficient (Wildman–Crippen LogP) is 3.70. The van der Waals surface area contributed by atoms with Crippen LogP contribution in [-0.2, 0) is 13.6 Å². The largest absolute Gasteiger partial charge is 0.345 e. The highest BCUT2D eigenvalue weighted by Gasteiger charge is 2.30. The molecular weight excluding hydrogens is 324 g/mol.